The Balaban J connectivity index is 1.66. The maximum Gasteiger partial charge on any atom is 0.265 e. The summed E-state index contributed by atoms with van der Waals surface area (Å²) >= 11 is 0. The first kappa shape index (κ1) is 15.7. The molecule has 2 atom stereocenters. The normalized spacial score (nSPS) is 23.7. The molecule has 0 radical (unpaired) electrons. The number of hydrogen-bond donors (Lipinski definition) is 1. The van der Waals surface area contributed by atoms with Crippen LogP contribution in [0.5, 0.6) is 5.75 Å². The van der Waals surface area contributed by atoms with Gasteiger partial charge in [0.1, 0.15) is 11.9 Å². The number of rotatable bonds is 4. The molecular weight excluding hydrogens is 303 g/mol. The van der Waals surface area contributed by atoms with Crippen LogP contribution in [0.1, 0.15) is 12.8 Å². The zero-order valence-corrected chi connectivity index (χ0v) is 12.7. The van der Waals surface area contributed by atoms with Crippen molar-refractivity contribution < 1.29 is 23.8 Å². The molecule has 0 unspecified atom stereocenters. The third-order valence-electron chi connectivity index (χ3n) is 4.25. The molecule has 0 spiro atoms. The van der Waals surface area contributed by atoms with Crippen LogP contribution in [0.2, 0.25) is 0 Å². The Morgan fingerprint density at radius 3 is 2.96 bits per heavy atom. The number of carbonyl (C=O) groups is 2. The minimum Gasteiger partial charge on any atom is -0.482 e. The van der Waals surface area contributed by atoms with Gasteiger partial charge in [0, 0.05) is 19.4 Å². The highest BCUT2D eigenvalue weighted by molar-refractivity contribution is 5.98. The zero-order chi connectivity index (χ0) is 16.4. The second kappa shape index (κ2) is 6.54. The van der Waals surface area contributed by atoms with E-state index in [4.69, 9.17) is 4.74 Å². The second-order valence-corrected chi connectivity index (χ2v) is 5.77. The highest BCUT2D eigenvalue weighted by Crippen LogP contribution is 2.31. The smallest absolute Gasteiger partial charge is 0.265 e. The molecule has 6 nitrogen and oxygen atoms in total. The summed E-state index contributed by atoms with van der Waals surface area (Å²) in [6.07, 6.45) is -0.841. The van der Waals surface area contributed by atoms with Gasteiger partial charge in [0.25, 0.3) is 5.91 Å². The summed E-state index contributed by atoms with van der Waals surface area (Å²) in [4.78, 5) is 27.2. The van der Waals surface area contributed by atoms with Crippen LogP contribution in [0.15, 0.2) is 24.3 Å². The van der Waals surface area contributed by atoms with Gasteiger partial charge in [-0.2, -0.15) is 0 Å². The van der Waals surface area contributed by atoms with Crippen molar-refractivity contribution in [2.24, 2.45) is 0 Å². The number of ether oxygens (including phenoxy) is 1. The van der Waals surface area contributed by atoms with Gasteiger partial charge in [-0.3, -0.25) is 9.59 Å². The van der Waals surface area contributed by atoms with Gasteiger partial charge in [-0.05, 0) is 12.1 Å². The molecule has 1 aromatic rings. The van der Waals surface area contributed by atoms with E-state index in [1.807, 2.05) is 6.07 Å². The van der Waals surface area contributed by atoms with Crippen molar-refractivity contribution in [1.82, 2.24) is 4.90 Å². The molecule has 124 valence electrons. The Bertz CT molecular complexity index is 609. The Kier molecular flexibility index (Phi) is 4.47. The summed E-state index contributed by atoms with van der Waals surface area (Å²) in [7, 11) is 0. The lowest BCUT2D eigenvalue weighted by molar-refractivity contribution is -0.132. The summed E-state index contributed by atoms with van der Waals surface area (Å²) in [5, 5.41) is 9.25. The maximum absolute atomic E-state index is 13.4. The standard InChI is InChI=1S/C16H19FN2O4/c17-11-7-12(9-20)19(8-11)15(21)5-6-18-13-3-1-2-4-14(13)23-10-16(18)22/h1-4,11-12,20H,5-10H2/t11-,12-/m0/s1. The van der Waals surface area contributed by atoms with Crippen LogP contribution >= 0.6 is 0 Å². The molecule has 2 amide bonds. The van der Waals surface area contributed by atoms with E-state index in [2.05, 4.69) is 0 Å². The van der Waals surface area contributed by atoms with Gasteiger partial charge >= 0.3 is 0 Å². The van der Waals surface area contributed by atoms with E-state index in [0.717, 1.165) is 0 Å². The molecular formula is C16H19FN2O4. The van der Waals surface area contributed by atoms with Crippen LogP contribution in [0, 0.1) is 0 Å². The van der Waals surface area contributed by atoms with E-state index >= 15 is 0 Å². The minimum atomic E-state index is -1.10. The van der Waals surface area contributed by atoms with E-state index in [0.29, 0.717) is 11.4 Å². The number of aliphatic hydroxyl groups excluding tert-OH is 1. The second-order valence-electron chi connectivity index (χ2n) is 5.77. The molecule has 1 fully saturated rings. The Morgan fingerprint density at radius 1 is 1.39 bits per heavy atom. The number of amides is 2. The SMILES string of the molecule is O=C1COc2ccccc2N1CCC(=O)N1C[C@@H](F)C[C@H]1CO. The lowest BCUT2D eigenvalue weighted by Gasteiger charge is -2.30. The molecule has 2 aliphatic rings. The van der Waals surface area contributed by atoms with Gasteiger partial charge in [0.2, 0.25) is 5.91 Å². The average molecular weight is 322 g/mol. The van der Waals surface area contributed by atoms with Crippen LogP contribution in [0.3, 0.4) is 0 Å². The minimum absolute atomic E-state index is 0.0116. The third kappa shape index (κ3) is 3.14. The number of aliphatic hydroxyl groups is 1. The molecule has 0 bridgehead atoms. The Morgan fingerprint density at radius 2 is 2.17 bits per heavy atom. The summed E-state index contributed by atoms with van der Waals surface area (Å²) in [6.45, 7) is -0.0758. The molecule has 2 heterocycles. The number of para-hydroxylation sites is 2. The fourth-order valence-corrected chi connectivity index (χ4v) is 3.09. The van der Waals surface area contributed by atoms with Crippen molar-refractivity contribution in [2.75, 3.05) is 31.2 Å². The van der Waals surface area contributed by atoms with Crippen molar-refractivity contribution in [1.29, 1.82) is 0 Å². The molecule has 23 heavy (non-hydrogen) atoms. The van der Waals surface area contributed by atoms with Crippen LogP contribution in [-0.2, 0) is 9.59 Å². The molecule has 3 rings (SSSR count). The molecule has 1 aromatic carbocycles. The maximum atomic E-state index is 13.4. The van der Waals surface area contributed by atoms with E-state index in [1.165, 1.54) is 9.80 Å². The molecule has 0 saturated carbocycles. The molecule has 0 aromatic heterocycles. The number of fused-ring (bicyclic) bond motifs is 1. The van der Waals surface area contributed by atoms with Crippen molar-refractivity contribution in [3.63, 3.8) is 0 Å². The molecule has 1 N–H and O–H groups in total. The van der Waals surface area contributed by atoms with E-state index in [-0.39, 0.29) is 51.0 Å². The summed E-state index contributed by atoms with van der Waals surface area (Å²) in [5.41, 5.74) is 0.639. The van der Waals surface area contributed by atoms with Crippen LogP contribution in [0.25, 0.3) is 0 Å². The van der Waals surface area contributed by atoms with Gasteiger partial charge in [0.15, 0.2) is 6.61 Å². The third-order valence-corrected chi connectivity index (χ3v) is 4.25. The lowest BCUT2D eigenvalue weighted by Crippen LogP contribution is -2.43. The molecule has 0 aliphatic carbocycles. The van der Waals surface area contributed by atoms with Gasteiger partial charge in [-0.1, -0.05) is 12.1 Å². The highest BCUT2D eigenvalue weighted by atomic mass is 19.1. The first-order valence-corrected chi connectivity index (χ1v) is 7.66. The van der Waals surface area contributed by atoms with E-state index in [1.54, 1.807) is 18.2 Å². The monoisotopic (exact) mass is 322 g/mol. The number of alkyl halides is 1. The summed E-state index contributed by atoms with van der Waals surface area (Å²) < 4.78 is 18.8. The summed E-state index contributed by atoms with van der Waals surface area (Å²) in [5.74, 6) is 0.152. The number of nitrogens with zero attached hydrogens (tertiary/aromatic N) is 2. The van der Waals surface area contributed by atoms with Gasteiger partial charge in [-0.15, -0.1) is 0 Å². The van der Waals surface area contributed by atoms with Gasteiger partial charge < -0.3 is 19.6 Å². The van der Waals surface area contributed by atoms with Crippen molar-refractivity contribution in [3.8, 4) is 5.75 Å². The fourth-order valence-electron chi connectivity index (χ4n) is 3.09. The van der Waals surface area contributed by atoms with E-state index < -0.39 is 12.2 Å². The van der Waals surface area contributed by atoms with Crippen molar-refractivity contribution in [2.45, 2.75) is 25.1 Å². The molecule has 2 aliphatic heterocycles. The number of benzene rings is 1. The molecule has 1 saturated heterocycles. The van der Waals surface area contributed by atoms with Gasteiger partial charge in [-0.25, -0.2) is 4.39 Å². The lowest BCUT2D eigenvalue weighted by atomic mass is 10.2. The Hall–Kier alpha value is -2.15. The quantitative estimate of drug-likeness (QED) is 0.887. The average Bonchev–Trinajstić information content (AvgIpc) is 2.95. The predicted octanol–water partition coefficient (Wildman–Crippen LogP) is 0.733. The van der Waals surface area contributed by atoms with Crippen LogP contribution < -0.4 is 9.64 Å². The number of halogens is 1. The van der Waals surface area contributed by atoms with Crippen LogP contribution in [-0.4, -0.2) is 60.3 Å². The fraction of sp³-hybridized carbons (Fsp3) is 0.500. The number of likely N-dealkylation sites (tertiary alicyclic amines) is 1. The number of hydrogen-bond acceptors (Lipinski definition) is 4. The highest BCUT2D eigenvalue weighted by Gasteiger charge is 2.35. The summed E-state index contributed by atoms with van der Waals surface area (Å²) in [6, 6.07) is 6.68. The zero-order valence-electron chi connectivity index (χ0n) is 12.7. The first-order chi connectivity index (χ1) is 11.1. The number of carbonyl (C=O) groups excluding carboxylic acids is 2. The Labute approximate surface area is 133 Å². The van der Waals surface area contributed by atoms with Gasteiger partial charge in [0.05, 0.1) is 24.9 Å². The van der Waals surface area contributed by atoms with Crippen LogP contribution in [0.4, 0.5) is 10.1 Å². The van der Waals surface area contributed by atoms with Crippen molar-refractivity contribution >= 4 is 17.5 Å². The molecule has 7 heteroatoms. The topological polar surface area (TPSA) is 70.1 Å². The van der Waals surface area contributed by atoms with Crippen molar-refractivity contribution in [3.05, 3.63) is 24.3 Å². The first-order valence-electron chi connectivity index (χ1n) is 7.66. The number of anilines is 1. The predicted molar refractivity (Wildman–Crippen MR) is 81.0 cm³/mol. The largest absolute Gasteiger partial charge is 0.482 e. The van der Waals surface area contributed by atoms with E-state index in [9.17, 15) is 19.1 Å².